The van der Waals surface area contributed by atoms with E-state index >= 15 is 0 Å². The molecule has 35 heavy (non-hydrogen) atoms. The number of hydrogen-bond donors (Lipinski definition) is 2. The minimum atomic E-state index is -0.450. The third-order valence-electron chi connectivity index (χ3n) is 7.68. The van der Waals surface area contributed by atoms with Crippen molar-refractivity contribution >= 4 is 17.2 Å². The summed E-state index contributed by atoms with van der Waals surface area (Å²) in [6.45, 7) is 2.96. The minimum Gasteiger partial charge on any atom is -0.497 e. The number of nitrogens with zero attached hydrogens (tertiary/aromatic N) is 2. The van der Waals surface area contributed by atoms with E-state index in [9.17, 15) is 9.90 Å². The summed E-state index contributed by atoms with van der Waals surface area (Å²) in [6, 6.07) is 9.80. The van der Waals surface area contributed by atoms with Crippen LogP contribution in [-0.2, 0) is 6.54 Å². The van der Waals surface area contributed by atoms with Gasteiger partial charge in [0.15, 0.2) is 0 Å². The van der Waals surface area contributed by atoms with E-state index in [-0.39, 0.29) is 11.9 Å². The van der Waals surface area contributed by atoms with Crippen LogP contribution < -0.4 is 10.1 Å². The molecule has 2 N–H and O–H groups in total. The highest BCUT2D eigenvalue weighted by atomic mass is 32.1. The highest BCUT2D eigenvalue weighted by Gasteiger charge is 2.29. The normalized spacial score (nSPS) is 20.8. The summed E-state index contributed by atoms with van der Waals surface area (Å²) in [4.78, 5) is 18.3. The standard InChI is InChI=1S/C28H35N3O3S/c1-18-22(27(33)29-23-9-6-10-26(23)32)15-25(31(18)16-19-7-4-3-5-8-19)24-17-35-28(30-24)20-11-13-21(34-2)14-12-20/h11-15,17,19,23,26,32H,3-10,16H2,1-2H3,(H,29,33). The van der Waals surface area contributed by atoms with Crippen molar-refractivity contribution in [1.29, 1.82) is 0 Å². The summed E-state index contributed by atoms with van der Waals surface area (Å²) in [5.41, 5.74) is 4.63. The van der Waals surface area contributed by atoms with Crippen molar-refractivity contribution in [1.82, 2.24) is 14.9 Å². The Labute approximate surface area is 211 Å². The van der Waals surface area contributed by atoms with Crippen molar-refractivity contribution < 1.29 is 14.6 Å². The second-order valence-corrected chi connectivity index (χ2v) is 10.8. The van der Waals surface area contributed by atoms with Crippen LogP contribution in [0.3, 0.4) is 0 Å². The zero-order chi connectivity index (χ0) is 24.4. The van der Waals surface area contributed by atoms with Gasteiger partial charge in [0, 0.05) is 23.2 Å². The van der Waals surface area contributed by atoms with E-state index in [4.69, 9.17) is 9.72 Å². The van der Waals surface area contributed by atoms with E-state index in [1.54, 1.807) is 18.4 Å². The number of rotatable bonds is 7. The number of amides is 1. The second-order valence-electron chi connectivity index (χ2n) is 9.99. The van der Waals surface area contributed by atoms with Crippen molar-refractivity contribution in [2.45, 2.75) is 77.0 Å². The predicted octanol–water partition coefficient (Wildman–Crippen LogP) is 5.82. The molecule has 0 saturated heterocycles. The minimum absolute atomic E-state index is 0.0947. The summed E-state index contributed by atoms with van der Waals surface area (Å²) < 4.78 is 7.59. The van der Waals surface area contributed by atoms with E-state index in [0.29, 0.717) is 11.5 Å². The molecule has 2 aliphatic rings. The number of carbonyl (C=O) groups excluding carboxylic acids is 1. The molecule has 1 aromatic carbocycles. The molecule has 2 fully saturated rings. The Morgan fingerprint density at radius 3 is 2.60 bits per heavy atom. The SMILES string of the molecule is COc1ccc(-c2nc(-c3cc(C(=O)NC4CCCC4O)c(C)n3CC3CCCCC3)cs2)cc1. The van der Waals surface area contributed by atoms with Crippen LogP contribution in [0.25, 0.3) is 22.0 Å². The van der Waals surface area contributed by atoms with Gasteiger partial charge in [-0.3, -0.25) is 4.79 Å². The maximum absolute atomic E-state index is 13.3. The first-order valence-electron chi connectivity index (χ1n) is 12.8. The molecule has 2 aromatic heterocycles. The first kappa shape index (κ1) is 24.1. The molecule has 2 aliphatic carbocycles. The van der Waals surface area contributed by atoms with Gasteiger partial charge in [-0.25, -0.2) is 4.98 Å². The van der Waals surface area contributed by atoms with Crippen LogP contribution in [0.5, 0.6) is 5.75 Å². The first-order valence-corrected chi connectivity index (χ1v) is 13.7. The van der Waals surface area contributed by atoms with Crippen LogP contribution in [0.2, 0.25) is 0 Å². The Kier molecular flexibility index (Phi) is 7.25. The number of thiazole rings is 1. The Balaban J connectivity index is 1.46. The molecule has 0 radical (unpaired) electrons. The molecule has 186 valence electrons. The van der Waals surface area contributed by atoms with Crippen molar-refractivity contribution in [3.8, 4) is 27.7 Å². The average molecular weight is 494 g/mol. The number of ether oxygens (including phenoxy) is 1. The highest BCUT2D eigenvalue weighted by Crippen LogP contribution is 2.34. The van der Waals surface area contributed by atoms with Crippen molar-refractivity contribution in [2.24, 2.45) is 5.92 Å². The molecule has 3 aromatic rings. The number of aliphatic hydroxyl groups excluding tert-OH is 1. The van der Waals surface area contributed by atoms with Gasteiger partial charge in [0.1, 0.15) is 10.8 Å². The smallest absolute Gasteiger partial charge is 0.253 e. The zero-order valence-corrected chi connectivity index (χ0v) is 21.4. The van der Waals surface area contributed by atoms with Gasteiger partial charge in [-0.2, -0.15) is 0 Å². The van der Waals surface area contributed by atoms with E-state index in [1.165, 1.54) is 32.1 Å². The summed E-state index contributed by atoms with van der Waals surface area (Å²) in [5.74, 6) is 1.36. The number of hydrogen-bond acceptors (Lipinski definition) is 5. The van der Waals surface area contributed by atoms with Crippen LogP contribution in [0.1, 0.15) is 67.4 Å². The van der Waals surface area contributed by atoms with Gasteiger partial charge in [0.2, 0.25) is 0 Å². The van der Waals surface area contributed by atoms with E-state index in [1.807, 2.05) is 37.3 Å². The number of methoxy groups -OCH3 is 1. The Hall–Kier alpha value is -2.64. The topological polar surface area (TPSA) is 76.4 Å². The van der Waals surface area contributed by atoms with E-state index in [2.05, 4.69) is 15.3 Å². The summed E-state index contributed by atoms with van der Waals surface area (Å²) in [6.07, 6.45) is 8.45. The van der Waals surface area contributed by atoms with Crippen LogP contribution in [-0.4, -0.2) is 39.8 Å². The molecule has 7 heteroatoms. The van der Waals surface area contributed by atoms with Gasteiger partial charge in [-0.05, 0) is 75.3 Å². The number of aromatic nitrogens is 2. The van der Waals surface area contributed by atoms with E-state index in [0.717, 1.165) is 59.2 Å². The monoisotopic (exact) mass is 493 g/mol. The fourth-order valence-electron chi connectivity index (χ4n) is 5.56. The number of carbonyl (C=O) groups is 1. The summed E-state index contributed by atoms with van der Waals surface area (Å²) in [5, 5.41) is 16.3. The molecule has 2 atom stereocenters. The number of nitrogens with one attached hydrogen (secondary N) is 1. The van der Waals surface area contributed by atoms with Gasteiger partial charge in [-0.1, -0.05) is 19.3 Å². The van der Waals surface area contributed by atoms with Crippen molar-refractivity contribution in [3.05, 3.63) is 47.0 Å². The quantitative estimate of drug-likeness (QED) is 0.435. The lowest BCUT2D eigenvalue weighted by Crippen LogP contribution is -2.40. The lowest BCUT2D eigenvalue weighted by molar-refractivity contribution is 0.0872. The zero-order valence-electron chi connectivity index (χ0n) is 20.6. The largest absolute Gasteiger partial charge is 0.497 e. The molecule has 6 nitrogen and oxygen atoms in total. The Morgan fingerprint density at radius 1 is 1.14 bits per heavy atom. The molecule has 2 unspecified atom stereocenters. The maximum atomic E-state index is 13.3. The van der Waals surface area contributed by atoms with Gasteiger partial charge < -0.3 is 19.7 Å². The summed E-state index contributed by atoms with van der Waals surface area (Å²) >= 11 is 1.62. The fourth-order valence-corrected chi connectivity index (χ4v) is 6.38. The van der Waals surface area contributed by atoms with Gasteiger partial charge >= 0.3 is 0 Å². The van der Waals surface area contributed by atoms with Crippen LogP contribution in [0.4, 0.5) is 0 Å². The lowest BCUT2D eigenvalue weighted by Gasteiger charge is -2.24. The lowest BCUT2D eigenvalue weighted by atomic mass is 9.89. The molecular weight excluding hydrogens is 458 g/mol. The Morgan fingerprint density at radius 2 is 1.91 bits per heavy atom. The highest BCUT2D eigenvalue weighted by molar-refractivity contribution is 7.13. The number of benzene rings is 1. The molecule has 5 rings (SSSR count). The molecule has 0 bridgehead atoms. The predicted molar refractivity (Wildman–Crippen MR) is 140 cm³/mol. The second kappa shape index (κ2) is 10.5. The molecular formula is C28H35N3O3S. The van der Waals surface area contributed by atoms with Crippen molar-refractivity contribution in [3.63, 3.8) is 0 Å². The van der Waals surface area contributed by atoms with Gasteiger partial charge in [0.05, 0.1) is 36.2 Å². The van der Waals surface area contributed by atoms with Gasteiger partial charge in [0.25, 0.3) is 5.91 Å². The van der Waals surface area contributed by atoms with Crippen LogP contribution in [0, 0.1) is 12.8 Å². The third kappa shape index (κ3) is 5.16. The Bertz CT molecular complexity index is 1160. The maximum Gasteiger partial charge on any atom is 0.253 e. The molecule has 0 spiro atoms. The average Bonchev–Trinajstić information content (AvgIpc) is 3.60. The molecule has 2 saturated carbocycles. The molecule has 0 aliphatic heterocycles. The summed E-state index contributed by atoms with van der Waals surface area (Å²) in [7, 11) is 1.67. The number of aliphatic hydroxyl groups is 1. The third-order valence-corrected chi connectivity index (χ3v) is 8.57. The van der Waals surface area contributed by atoms with E-state index < -0.39 is 6.10 Å². The van der Waals surface area contributed by atoms with Gasteiger partial charge in [-0.15, -0.1) is 11.3 Å². The van der Waals surface area contributed by atoms with Crippen LogP contribution >= 0.6 is 11.3 Å². The molecule has 2 heterocycles. The fraction of sp³-hybridized carbons (Fsp3) is 0.500. The molecule has 1 amide bonds. The first-order chi connectivity index (χ1) is 17.0. The van der Waals surface area contributed by atoms with Crippen LogP contribution in [0.15, 0.2) is 35.7 Å². The van der Waals surface area contributed by atoms with Crippen molar-refractivity contribution in [2.75, 3.05) is 7.11 Å².